The summed E-state index contributed by atoms with van der Waals surface area (Å²) < 4.78 is 4.95. The van der Waals surface area contributed by atoms with E-state index in [1.54, 1.807) is 44.2 Å². The Balaban J connectivity index is 1.73. The molecule has 0 radical (unpaired) electrons. The lowest BCUT2D eigenvalue weighted by atomic mass is 10.2. The molecule has 0 saturated carbocycles. The number of carbonyl (C=O) groups is 1. The molecule has 0 fully saturated rings. The summed E-state index contributed by atoms with van der Waals surface area (Å²) in [5.41, 5.74) is 1.44. The molecule has 23 heavy (non-hydrogen) atoms. The summed E-state index contributed by atoms with van der Waals surface area (Å²) in [5, 5.41) is 19.0. The number of hydrogen-bond donors (Lipinski definition) is 1. The van der Waals surface area contributed by atoms with Gasteiger partial charge < -0.3 is 4.52 Å². The lowest BCUT2D eigenvalue weighted by Gasteiger charge is -2.08. The molecule has 0 aliphatic carbocycles. The van der Waals surface area contributed by atoms with Gasteiger partial charge in [-0.3, -0.25) is 10.1 Å². The molecule has 2 heterocycles. The zero-order chi connectivity index (χ0) is 16.4. The Morgan fingerprint density at radius 1 is 1.35 bits per heavy atom. The van der Waals surface area contributed by atoms with Crippen LogP contribution in [0.15, 0.2) is 34.9 Å². The standard InChI is InChI=1S/C14H13ClN6O2/c1-8-7-12(23-19-8)16-14(22)9(2)21-18-13(17-20-21)10-3-5-11(15)6-4-10/h3-7,9H,1-2H3,(H,16,22). The second-order valence-corrected chi connectivity index (χ2v) is 5.37. The van der Waals surface area contributed by atoms with Gasteiger partial charge in [-0.05, 0) is 43.3 Å². The highest BCUT2D eigenvalue weighted by molar-refractivity contribution is 6.30. The quantitative estimate of drug-likeness (QED) is 0.788. The van der Waals surface area contributed by atoms with Crippen molar-refractivity contribution in [3.05, 3.63) is 41.0 Å². The summed E-state index contributed by atoms with van der Waals surface area (Å²) in [6.45, 7) is 3.42. The summed E-state index contributed by atoms with van der Waals surface area (Å²) >= 11 is 5.85. The number of benzene rings is 1. The van der Waals surface area contributed by atoms with Gasteiger partial charge in [0.2, 0.25) is 11.7 Å². The Hall–Kier alpha value is -2.74. The largest absolute Gasteiger partial charge is 0.338 e. The number of anilines is 1. The Labute approximate surface area is 136 Å². The minimum atomic E-state index is -0.658. The van der Waals surface area contributed by atoms with Crippen LogP contribution in [0.25, 0.3) is 11.4 Å². The molecule has 1 amide bonds. The third kappa shape index (κ3) is 3.37. The molecule has 0 aliphatic heterocycles. The topological polar surface area (TPSA) is 98.7 Å². The number of rotatable bonds is 4. The zero-order valence-electron chi connectivity index (χ0n) is 12.4. The Bertz CT molecular complexity index is 826. The number of halogens is 1. The highest BCUT2D eigenvalue weighted by Gasteiger charge is 2.20. The van der Waals surface area contributed by atoms with E-state index in [1.165, 1.54) is 4.80 Å². The fraction of sp³-hybridized carbons (Fsp3) is 0.214. The summed E-state index contributed by atoms with van der Waals surface area (Å²) in [5.74, 6) is 0.357. The van der Waals surface area contributed by atoms with Crippen molar-refractivity contribution >= 4 is 23.4 Å². The van der Waals surface area contributed by atoms with Crippen molar-refractivity contribution in [1.29, 1.82) is 0 Å². The van der Waals surface area contributed by atoms with Crippen molar-refractivity contribution in [3.63, 3.8) is 0 Å². The second kappa shape index (κ2) is 6.17. The molecule has 0 saturated heterocycles. The monoisotopic (exact) mass is 332 g/mol. The van der Waals surface area contributed by atoms with Crippen LogP contribution in [-0.4, -0.2) is 31.3 Å². The second-order valence-electron chi connectivity index (χ2n) is 4.94. The van der Waals surface area contributed by atoms with Gasteiger partial charge in [0.05, 0.1) is 5.69 Å². The van der Waals surface area contributed by atoms with Crippen LogP contribution in [0.1, 0.15) is 18.7 Å². The average molecular weight is 333 g/mol. The molecule has 0 aliphatic rings. The van der Waals surface area contributed by atoms with Crippen molar-refractivity contribution in [1.82, 2.24) is 25.4 Å². The lowest BCUT2D eigenvalue weighted by Crippen LogP contribution is -2.25. The van der Waals surface area contributed by atoms with Crippen LogP contribution < -0.4 is 5.32 Å². The smallest absolute Gasteiger partial charge is 0.253 e. The minimum Gasteiger partial charge on any atom is -0.338 e. The number of aryl methyl sites for hydroxylation is 1. The van der Waals surface area contributed by atoms with Crippen molar-refractivity contribution in [3.8, 4) is 11.4 Å². The maximum Gasteiger partial charge on any atom is 0.253 e. The molecule has 9 heteroatoms. The van der Waals surface area contributed by atoms with E-state index in [-0.39, 0.29) is 11.8 Å². The van der Waals surface area contributed by atoms with Crippen LogP contribution in [0.3, 0.4) is 0 Å². The molecule has 0 spiro atoms. The highest BCUT2D eigenvalue weighted by Crippen LogP contribution is 2.18. The molecule has 8 nitrogen and oxygen atoms in total. The zero-order valence-corrected chi connectivity index (χ0v) is 13.2. The van der Waals surface area contributed by atoms with Crippen LogP contribution in [0, 0.1) is 6.92 Å². The number of carbonyl (C=O) groups excluding carboxylic acids is 1. The Kier molecular flexibility index (Phi) is 4.07. The van der Waals surface area contributed by atoms with Crippen molar-refractivity contribution in [2.24, 2.45) is 0 Å². The van der Waals surface area contributed by atoms with Gasteiger partial charge in [-0.25, -0.2) is 0 Å². The molecule has 1 N–H and O–H groups in total. The normalized spacial score (nSPS) is 12.1. The van der Waals surface area contributed by atoms with E-state index in [1.807, 2.05) is 0 Å². The molecule has 3 aromatic rings. The number of amides is 1. The Morgan fingerprint density at radius 2 is 2.09 bits per heavy atom. The SMILES string of the molecule is Cc1cc(NC(=O)C(C)n2nnc(-c3ccc(Cl)cc3)n2)on1. The van der Waals surface area contributed by atoms with Crippen LogP contribution in [0.2, 0.25) is 5.02 Å². The summed E-state index contributed by atoms with van der Waals surface area (Å²) in [6, 6.07) is 8.00. The van der Waals surface area contributed by atoms with E-state index >= 15 is 0 Å². The lowest BCUT2D eigenvalue weighted by molar-refractivity contribution is -0.119. The molecular formula is C14H13ClN6O2. The van der Waals surface area contributed by atoms with E-state index < -0.39 is 6.04 Å². The van der Waals surface area contributed by atoms with E-state index in [2.05, 4.69) is 25.9 Å². The van der Waals surface area contributed by atoms with Crippen molar-refractivity contribution in [2.75, 3.05) is 5.32 Å². The first kappa shape index (κ1) is 15.2. The van der Waals surface area contributed by atoms with Gasteiger partial charge in [-0.15, -0.1) is 10.2 Å². The summed E-state index contributed by atoms with van der Waals surface area (Å²) in [7, 11) is 0. The van der Waals surface area contributed by atoms with Crippen LogP contribution >= 0.6 is 11.6 Å². The number of nitrogens with zero attached hydrogens (tertiary/aromatic N) is 5. The van der Waals surface area contributed by atoms with Crippen LogP contribution in [0.5, 0.6) is 0 Å². The summed E-state index contributed by atoms with van der Waals surface area (Å²) in [4.78, 5) is 13.4. The van der Waals surface area contributed by atoms with Gasteiger partial charge in [0.25, 0.3) is 5.91 Å². The fourth-order valence-electron chi connectivity index (χ4n) is 1.86. The molecule has 1 atom stereocenters. The van der Waals surface area contributed by atoms with E-state index in [0.29, 0.717) is 16.5 Å². The first-order chi connectivity index (χ1) is 11.0. The van der Waals surface area contributed by atoms with Gasteiger partial charge in [0.1, 0.15) is 6.04 Å². The van der Waals surface area contributed by atoms with Crippen LogP contribution in [0.4, 0.5) is 5.88 Å². The maximum absolute atomic E-state index is 12.2. The maximum atomic E-state index is 12.2. The Morgan fingerprint density at radius 3 is 2.74 bits per heavy atom. The first-order valence-electron chi connectivity index (χ1n) is 6.82. The third-order valence-electron chi connectivity index (χ3n) is 3.13. The van der Waals surface area contributed by atoms with Crippen molar-refractivity contribution < 1.29 is 9.32 Å². The molecular weight excluding hydrogens is 320 g/mol. The predicted molar refractivity (Wildman–Crippen MR) is 82.8 cm³/mol. The summed E-state index contributed by atoms with van der Waals surface area (Å²) in [6.07, 6.45) is 0. The number of aromatic nitrogens is 5. The van der Waals surface area contributed by atoms with E-state index in [0.717, 1.165) is 5.56 Å². The highest BCUT2D eigenvalue weighted by atomic mass is 35.5. The first-order valence-corrected chi connectivity index (χ1v) is 7.20. The molecule has 118 valence electrons. The number of nitrogens with one attached hydrogen (secondary N) is 1. The van der Waals surface area contributed by atoms with Gasteiger partial charge >= 0.3 is 0 Å². The average Bonchev–Trinajstić information content (AvgIpc) is 3.16. The van der Waals surface area contributed by atoms with Gasteiger partial charge in [-0.2, -0.15) is 4.80 Å². The number of hydrogen-bond acceptors (Lipinski definition) is 6. The van der Waals surface area contributed by atoms with Crippen molar-refractivity contribution in [2.45, 2.75) is 19.9 Å². The fourth-order valence-corrected chi connectivity index (χ4v) is 1.98. The molecule has 1 unspecified atom stereocenters. The number of tetrazole rings is 1. The van der Waals surface area contributed by atoms with E-state index in [4.69, 9.17) is 16.1 Å². The molecule has 3 rings (SSSR count). The predicted octanol–water partition coefficient (Wildman–Crippen LogP) is 2.49. The minimum absolute atomic E-state index is 0.275. The van der Waals surface area contributed by atoms with Gasteiger partial charge in [-0.1, -0.05) is 16.8 Å². The van der Waals surface area contributed by atoms with Gasteiger partial charge in [0, 0.05) is 16.7 Å². The van der Waals surface area contributed by atoms with Gasteiger partial charge in [0.15, 0.2) is 0 Å². The molecule has 0 bridgehead atoms. The molecule has 1 aromatic carbocycles. The molecule has 2 aromatic heterocycles. The third-order valence-corrected chi connectivity index (χ3v) is 3.38. The van der Waals surface area contributed by atoms with E-state index in [9.17, 15) is 4.79 Å². The van der Waals surface area contributed by atoms with Crippen LogP contribution in [-0.2, 0) is 4.79 Å².